The lowest BCUT2D eigenvalue weighted by Gasteiger charge is -2.17. The number of alkyl halides is 6. The van der Waals surface area contributed by atoms with Crippen molar-refractivity contribution in [1.29, 1.82) is 0 Å². The van der Waals surface area contributed by atoms with E-state index in [4.69, 9.17) is 74.3 Å². The number of fused-ring (bicyclic) bond motifs is 3. The van der Waals surface area contributed by atoms with Gasteiger partial charge in [-0.3, -0.25) is 0 Å². The summed E-state index contributed by atoms with van der Waals surface area (Å²) in [5.74, 6) is 0.707. The second-order valence-electron chi connectivity index (χ2n) is 7.83. The molecule has 0 spiro atoms. The van der Waals surface area contributed by atoms with Crippen LogP contribution >= 0.6 is 69.6 Å². The standard InChI is InChI=1S/C25H16Cl6N4O/c26-24(27,28)22-32-21(33-23(34-22)25(29,30)31)18-11-6-10-17-16-9-4-5-12-19(16)35(20(17)18)13-14-36-15-7-2-1-3-8-15/h1-12H,13-14H2. The Labute approximate surface area is 236 Å². The van der Waals surface area contributed by atoms with Crippen molar-refractivity contribution >= 4 is 91.4 Å². The van der Waals surface area contributed by atoms with Gasteiger partial charge in [0.05, 0.1) is 12.1 Å². The third-order valence-electron chi connectivity index (χ3n) is 5.50. The van der Waals surface area contributed by atoms with Crippen LogP contribution in [-0.4, -0.2) is 26.1 Å². The van der Waals surface area contributed by atoms with Gasteiger partial charge >= 0.3 is 0 Å². The van der Waals surface area contributed by atoms with E-state index in [1.807, 2.05) is 60.7 Å². The van der Waals surface area contributed by atoms with Crippen molar-refractivity contribution in [3.63, 3.8) is 0 Å². The van der Waals surface area contributed by atoms with Gasteiger partial charge in [-0.2, -0.15) is 0 Å². The summed E-state index contributed by atoms with van der Waals surface area (Å²) in [6.07, 6.45) is 0. The number of para-hydroxylation sites is 3. The number of rotatable bonds is 5. The zero-order valence-electron chi connectivity index (χ0n) is 18.3. The fraction of sp³-hybridized carbons (Fsp3) is 0.160. The highest BCUT2D eigenvalue weighted by atomic mass is 35.6. The lowest BCUT2D eigenvalue weighted by Crippen LogP contribution is -2.17. The summed E-state index contributed by atoms with van der Waals surface area (Å²) < 4.78 is 4.23. The number of hydrogen-bond acceptors (Lipinski definition) is 4. The van der Waals surface area contributed by atoms with Crippen LogP contribution in [0.5, 0.6) is 5.75 Å². The quantitative estimate of drug-likeness (QED) is 0.190. The molecule has 0 saturated carbocycles. The molecule has 11 heteroatoms. The number of hydrogen-bond donors (Lipinski definition) is 0. The Hall–Kier alpha value is -1.99. The predicted octanol–water partition coefficient (Wildman–Crippen LogP) is 8.38. The Morgan fingerprint density at radius 2 is 1.28 bits per heavy atom. The van der Waals surface area contributed by atoms with Gasteiger partial charge in [-0.25, -0.2) is 15.0 Å². The maximum Gasteiger partial charge on any atom is 0.250 e. The molecule has 2 aromatic heterocycles. The van der Waals surface area contributed by atoms with E-state index in [9.17, 15) is 0 Å². The molecule has 3 aromatic carbocycles. The van der Waals surface area contributed by atoms with E-state index >= 15 is 0 Å². The molecule has 0 atom stereocenters. The van der Waals surface area contributed by atoms with Gasteiger partial charge in [0, 0.05) is 21.9 Å². The Balaban J connectivity index is 1.70. The van der Waals surface area contributed by atoms with Crippen LogP contribution in [-0.2, 0) is 14.1 Å². The van der Waals surface area contributed by atoms with Crippen LogP contribution in [0.3, 0.4) is 0 Å². The van der Waals surface area contributed by atoms with Crippen LogP contribution in [0.2, 0.25) is 0 Å². The molecule has 36 heavy (non-hydrogen) atoms. The Morgan fingerprint density at radius 1 is 0.667 bits per heavy atom. The van der Waals surface area contributed by atoms with Crippen molar-refractivity contribution in [2.45, 2.75) is 14.1 Å². The first-order valence-electron chi connectivity index (χ1n) is 10.7. The van der Waals surface area contributed by atoms with Crippen LogP contribution in [0.15, 0.2) is 72.8 Å². The highest BCUT2D eigenvalue weighted by molar-refractivity contribution is 6.67. The molecule has 0 aliphatic rings. The summed E-state index contributed by atoms with van der Waals surface area (Å²) in [5, 5.41) is 2.06. The zero-order valence-corrected chi connectivity index (χ0v) is 22.8. The Kier molecular flexibility index (Phi) is 7.16. The Morgan fingerprint density at radius 3 is 1.94 bits per heavy atom. The van der Waals surface area contributed by atoms with Crippen LogP contribution in [0.4, 0.5) is 0 Å². The molecule has 5 nitrogen and oxygen atoms in total. The summed E-state index contributed by atoms with van der Waals surface area (Å²) in [5.41, 5.74) is 2.55. The van der Waals surface area contributed by atoms with Crippen LogP contribution in [0.25, 0.3) is 33.2 Å². The van der Waals surface area contributed by atoms with E-state index in [2.05, 4.69) is 31.7 Å². The largest absolute Gasteiger partial charge is 0.492 e. The van der Waals surface area contributed by atoms with Crippen molar-refractivity contribution in [3.8, 4) is 17.1 Å². The Bertz CT molecular complexity index is 1510. The summed E-state index contributed by atoms with van der Waals surface area (Å²) >= 11 is 36.6. The monoisotopic (exact) mass is 598 g/mol. The van der Waals surface area contributed by atoms with Gasteiger partial charge in [-0.15, -0.1) is 0 Å². The van der Waals surface area contributed by atoms with Gasteiger partial charge in [-0.05, 0) is 24.3 Å². The molecule has 0 unspecified atom stereocenters. The molecular formula is C25H16Cl6N4O. The predicted molar refractivity (Wildman–Crippen MR) is 149 cm³/mol. The second-order valence-corrected chi connectivity index (χ2v) is 12.4. The molecule has 0 amide bonds. The van der Waals surface area contributed by atoms with Crippen LogP contribution in [0, 0.1) is 0 Å². The highest BCUT2D eigenvalue weighted by Gasteiger charge is 2.34. The van der Waals surface area contributed by atoms with Crippen molar-refractivity contribution in [2.75, 3.05) is 6.61 Å². The lowest BCUT2D eigenvalue weighted by molar-refractivity contribution is 0.302. The number of aromatic nitrogens is 4. The fourth-order valence-electron chi connectivity index (χ4n) is 4.04. The molecule has 0 N–H and O–H groups in total. The molecule has 2 heterocycles. The van der Waals surface area contributed by atoms with E-state index in [0.29, 0.717) is 18.7 Å². The minimum Gasteiger partial charge on any atom is -0.492 e. The van der Waals surface area contributed by atoms with E-state index in [1.54, 1.807) is 0 Å². The van der Waals surface area contributed by atoms with Crippen LogP contribution in [0.1, 0.15) is 11.6 Å². The highest BCUT2D eigenvalue weighted by Crippen LogP contribution is 2.42. The lowest BCUT2D eigenvalue weighted by atomic mass is 10.1. The summed E-state index contributed by atoms with van der Waals surface area (Å²) in [6, 6.07) is 23.5. The summed E-state index contributed by atoms with van der Waals surface area (Å²) in [4.78, 5) is 13.0. The van der Waals surface area contributed by atoms with Gasteiger partial charge < -0.3 is 9.30 Å². The average molecular weight is 601 g/mol. The molecule has 5 rings (SSSR count). The van der Waals surface area contributed by atoms with E-state index < -0.39 is 7.59 Å². The normalized spacial score (nSPS) is 12.4. The first-order chi connectivity index (χ1) is 17.1. The number of nitrogens with zero attached hydrogens (tertiary/aromatic N) is 4. The van der Waals surface area contributed by atoms with Gasteiger partial charge in [0.1, 0.15) is 12.4 Å². The zero-order chi connectivity index (χ0) is 25.5. The van der Waals surface area contributed by atoms with Gasteiger partial charge in [0.2, 0.25) is 7.59 Å². The molecular weight excluding hydrogens is 585 g/mol. The van der Waals surface area contributed by atoms with Crippen molar-refractivity contribution in [2.24, 2.45) is 0 Å². The van der Waals surface area contributed by atoms with E-state index in [-0.39, 0.29) is 17.5 Å². The first kappa shape index (κ1) is 25.7. The molecule has 0 saturated heterocycles. The SMILES string of the molecule is ClC(Cl)(Cl)c1nc(-c2cccc3c4ccccc4n(CCOc4ccccc4)c23)nc(C(Cl)(Cl)Cl)n1. The third kappa shape index (κ3) is 5.19. The minimum absolute atomic E-state index is 0.147. The maximum atomic E-state index is 6.11. The summed E-state index contributed by atoms with van der Waals surface area (Å²) in [6.45, 7) is 0.984. The molecule has 0 fully saturated rings. The van der Waals surface area contributed by atoms with Gasteiger partial charge in [-0.1, -0.05) is 118 Å². The molecule has 184 valence electrons. The van der Waals surface area contributed by atoms with Crippen molar-refractivity contribution in [3.05, 3.63) is 84.4 Å². The van der Waals surface area contributed by atoms with Gasteiger partial charge in [0.25, 0.3) is 0 Å². The summed E-state index contributed by atoms with van der Waals surface area (Å²) in [7, 11) is 0. The molecule has 0 radical (unpaired) electrons. The van der Waals surface area contributed by atoms with Gasteiger partial charge in [0.15, 0.2) is 17.5 Å². The molecule has 0 aliphatic heterocycles. The first-order valence-corrected chi connectivity index (χ1v) is 13.0. The fourth-order valence-corrected chi connectivity index (χ4v) is 4.55. The van der Waals surface area contributed by atoms with Crippen LogP contribution < -0.4 is 4.74 Å². The number of benzene rings is 3. The second kappa shape index (κ2) is 10.1. The topological polar surface area (TPSA) is 52.8 Å². The maximum absolute atomic E-state index is 6.11. The smallest absolute Gasteiger partial charge is 0.250 e. The molecule has 0 aliphatic carbocycles. The van der Waals surface area contributed by atoms with E-state index in [0.717, 1.165) is 27.6 Å². The molecule has 0 bridgehead atoms. The number of ether oxygens (including phenoxy) is 1. The van der Waals surface area contributed by atoms with Crippen molar-refractivity contribution < 1.29 is 4.74 Å². The minimum atomic E-state index is -1.95. The van der Waals surface area contributed by atoms with Crippen molar-refractivity contribution in [1.82, 2.24) is 19.5 Å². The average Bonchev–Trinajstić information content (AvgIpc) is 3.17. The molecule has 5 aromatic rings. The third-order valence-corrected chi connectivity index (χ3v) is 6.52. The number of halogens is 6. The van der Waals surface area contributed by atoms with E-state index in [1.165, 1.54) is 0 Å².